The Morgan fingerprint density at radius 2 is 2.50 bits per heavy atom. The molecule has 0 radical (unpaired) electrons. The Morgan fingerprint density at radius 1 is 1.61 bits per heavy atom. The molecule has 0 saturated carbocycles. The summed E-state index contributed by atoms with van der Waals surface area (Å²) in [6.07, 6.45) is 5.80. The lowest BCUT2D eigenvalue weighted by atomic mass is 9.99. The third-order valence-electron chi connectivity index (χ3n) is 3.00. The SMILES string of the molecule is C=CCOCC1CCCN(c2nccc(Cl)n2)C1. The second kappa shape index (κ2) is 6.71. The molecule has 0 amide bonds. The number of hydrogen-bond donors (Lipinski definition) is 0. The van der Waals surface area contributed by atoms with Crippen molar-refractivity contribution in [2.24, 2.45) is 5.92 Å². The van der Waals surface area contributed by atoms with Crippen molar-refractivity contribution in [3.63, 3.8) is 0 Å². The number of anilines is 1. The highest BCUT2D eigenvalue weighted by Crippen LogP contribution is 2.21. The zero-order chi connectivity index (χ0) is 12.8. The number of rotatable bonds is 5. The quantitative estimate of drug-likeness (QED) is 0.467. The van der Waals surface area contributed by atoms with Gasteiger partial charge in [-0.3, -0.25) is 0 Å². The van der Waals surface area contributed by atoms with E-state index in [9.17, 15) is 0 Å². The molecule has 98 valence electrons. The number of ether oxygens (including phenoxy) is 1. The van der Waals surface area contributed by atoms with E-state index in [-0.39, 0.29) is 0 Å². The summed E-state index contributed by atoms with van der Waals surface area (Å²) in [6, 6.07) is 1.69. The molecule has 1 atom stereocenters. The molecule has 1 saturated heterocycles. The first-order valence-electron chi connectivity index (χ1n) is 6.21. The molecule has 0 aromatic carbocycles. The van der Waals surface area contributed by atoms with Crippen LogP contribution in [0.3, 0.4) is 0 Å². The Morgan fingerprint density at radius 3 is 3.28 bits per heavy atom. The van der Waals surface area contributed by atoms with Crippen LogP contribution >= 0.6 is 11.6 Å². The summed E-state index contributed by atoms with van der Waals surface area (Å²) in [5.74, 6) is 1.25. The van der Waals surface area contributed by atoms with Crippen molar-refractivity contribution >= 4 is 17.5 Å². The summed E-state index contributed by atoms with van der Waals surface area (Å²) in [5.41, 5.74) is 0. The minimum Gasteiger partial charge on any atom is -0.377 e. The summed E-state index contributed by atoms with van der Waals surface area (Å²) in [6.45, 7) is 6.94. The molecule has 2 rings (SSSR count). The fourth-order valence-electron chi connectivity index (χ4n) is 2.18. The molecular formula is C13H18ClN3O. The Bertz CT molecular complexity index is 400. The van der Waals surface area contributed by atoms with Crippen LogP contribution in [0.15, 0.2) is 24.9 Å². The van der Waals surface area contributed by atoms with Crippen molar-refractivity contribution in [2.75, 3.05) is 31.2 Å². The van der Waals surface area contributed by atoms with E-state index >= 15 is 0 Å². The molecule has 1 aliphatic heterocycles. The van der Waals surface area contributed by atoms with Crippen LogP contribution in [-0.2, 0) is 4.74 Å². The van der Waals surface area contributed by atoms with Crippen LogP contribution in [0.4, 0.5) is 5.95 Å². The second-order valence-electron chi connectivity index (χ2n) is 4.46. The van der Waals surface area contributed by atoms with E-state index in [1.165, 1.54) is 6.42 Å². The minimum absolute atomic E-state index is 0.491. The van der Waals surface area contributed by atoms with E-state index in [4.69, 9.17) is 16.3 Å². The number of nitrogens with zero attached hydrogens (tertiary/aromatic N) is 3. The minimum atomic E-state index is 0.491. The first-order chi connectivity index (χ1) is 8.79. The fraction of sp³-hybridized carbons (Fsp3) is 0.538. The molecule has 5 heteroatoms. The molecule has 0 spiro atoms. The lowest BCUT2D eigenvalue weighted by molar-refractivity contribution is 0.115. The maximum absolute atomic E-state index is 5.89. The van der Waals surface area contributed by atoms with Gasteiger partial charge in [0.15, 0.2) is 0 Å². The summed E-state index contributed by atoms with van der Waals surface area (Å²) < 4.78 is 5.52. The van der Waals surface area contributed by atoms with Crippen molar-refractivity contribution in [1.29, 1.82) is 0 Å². The molecule has 0 aliphatic carbocycles. The topological polar surface area (TPSA) is 38.2 Å². The Balaban J connectivity index is 1.91. The number of halogens is 1. The zero-order valence-corrected chi connectivity index (χ0v) is 11.1. The number of hydrogen-bond acceptors (Lipinski definition) is 4. The molecule has 1 fully saturated rings. The molecule has 1 aromatic rings. The molecule has 2 heterocycles. The van der Waals surface area contributed by atoms with Crippen LogP contribution in [0, 0.1) is 5.92 Å². The monoisotopic (exact) mass is 267 g/mol. The first kappa shape index (κ1) is 13.3. The van der Waals surface area contributed by atoms with Gasteiger partial charge >= 0.3 is 0 Å². The van der Waals surface area contributed by atoms with Crippen molar-refractivity contribution < 1.29 is 4.74 Å². The van der Waals surface area contributed by atoms with Crippen LogP contribution in [-0.4, -0.2) is 36.3 Å². The molecule has 1 aromatic heterocycles. The Hall–Kier alpha value is -1.13. The standard InChI is InChI=1S/C13H18ClN3O/c1-2-8-18-10-11-4-3-7-17(9-11)13-15-6-5-12(14)16-13/h2,5-6,11H,1,3-4,7-10H2. The van der Waals surface area contributed by atoms with E-state index in [2.05, 4.69) is 21.4 Å². The summed E-state index contributed by atoms with van der Waals surface area (Å²) in [7, 11) is 0. The van der Waals surface area contributed by atoms with Crippen molar-refractivity contribution in [3.8, 4) is 0 Å². The lowest BCUT2D eigenvalue weighted by Gasteiger charge is -2.32. The third-order valence-corrected chi connectivity index (χ3v) is 3.21. The van der Waals surface area contributed by atoms with Gasteiger partial charge in [-0.25, -0.2) is 9.97 Å². The van der Waals surface area contributed by atoms with Gasteiger partial charge in [0, 0.05) is 19.3 Å². The molecule has 18 heavy (non-hydrogen) atoms. The maximum atomic E-state index is 5.89. The molecule has 1 unspecified atom stereocenters. The summed E-state index contributed by atoms with van der Waals surface area (Å²) in [5, 5.41) is 0.491. The van der Waals surface area contributed by atoms with Gasteiger partial charge in [-0.2, -0.15) is 0 Å². The van der Waals surface area contributed by atoms with E-state index < -0.39 is 0 Å². The van der Waals surface area contributed by atoms with Crippen molar-refractivity contribution in [1.82, 2.24) is 9.97 Å². The molecule has 1 aliphatic rings. The first-order valence-corrected chi connectivity index (χ1v) is 6.59. The van der Waals surface area contributed by atoms with Gasteiger partial charge < -0.3 is 9.64 Å². The highest BCUT2D eigenvalue weighted by atomic mass is 35.5. The Labute approximate surface area is 113 Å². The normalized spacial score (nSPS) is 19.8. The smallest absolute Gasteiger partial charge is 0.226 e. The van der Waals surface area contributed by atoms with E-state index in [0.29, 0.717) is 17.7 Å². The lowest BCUT2D eigenvalue weighted by Crippen LogP contribution is -2.38. The van der Waals surface area contributed by atoms with Gasteiger partial charge in [0.2, 0.25) is 5.95 Å². The highest BCUT2D eigenvalue weighted by molar-refractivity contribution is 6.29. The maximum Gasteiger partial charge on any atom is 0.226 e. The third kappa shape index (κ3) is 3.68. The molecular weight excluding hydrogens is 250 g/mol. The van der Waals surface area contributed by atoms with E-state index in [1.807, 2.05) is 0 Å². The van der Waals surface area contributed by atoms with Crippen LogP contribution in [0.2, 0.25) is 5.15 Å². The van der Waals surface area contributed by atoms with Crippen molar-refractivity contribution in [2.45, 2.75) is 12.8 Å². The average Bonchev–Trinajstić information content (AvgIpc) is 2.39. The van der Waals surface area contributed by atoms with Gasteiger partial charge in [-0.15, -0.1) is 6.58 Å². The fourth-order valence-corrected chi connectivity index (χ4v) is 2.31. The Kier molecular flexibility index (Phi) is 4.96. The van der Waals surface area contributed by atoms with Gasteiger partial charge in [-0.05, 0) is 24.8 Å². The molecule has 0 bridgehead atoms. The van der Waals surface area contributed by atoms with Gasteiger partial charge in [-0.1, -0.05) is 17.7 Å². The largest absolute Gasteiger partial charge is 0.377 e. The van der Waals surface area contributed by atoms with Crippen LogP contribution in [0.5, 0.6) is 0 Å². The van der Waals surface area contributed by atoms with Crippen molar-refractivity contribution in [3.05, 3.63) is 30.1 Å². The summed E-state index contributed by atoms with van der Waals surface area (Å²) in [4.78, 5) is 10.7. The molecule has 0 N–H and O–H groups in total. The molecule has 4 nitrogen and oxygen atoms in total. The van der Waals surface area contributed by atoms with E-state index in [0.717, 1.165) is 32.1 Å². The summed E-state index contributed by atoms with van der Waals surface area (Å²) >= 11 is 5.89. The van der Waals surface area contributed by atoms with Crippen LogP contribution < -0.4 is 4.90 Å². The van der Waals surface area contributed by atoms with Gasteiger partial charge in [0.1, 0.15) is 5.15 Å². The number of aromatic nitrogens is 2. The van der Waals surface area contributed by atoms with Crippen LogP contribution in [0.1, 0.15) is 12.8 Å². The van der Waals surface area contributed by atoms with Crippen LogP contribution in [0.25, 0.3) is 0 Å². The van der Waals surface area contributed by atoms with Gasteiger partial charge in [0.05, 0.1) is 13.2 Å². The average molecular weight is 268 g/mol. The highest BCUT2D eigenvalue weighted by Gasteiger charge is 2.21. The van der Waals surface area contributed by atoms with Gasteiger partial charge in [0.25, 0.3) is 0 Å². The zero-order valence-electron chi connectivity index (χ0n) is 10.4. The predicted octanol–water partition coefficient (Wildman–Crippen LogP) is 2.55. The second-order valence-corrected chi connectivity index (χ2v) is 4.85. The van der Waals surface area contributed by atoms with E-state index in [1.54, 1.807) is 18.3 Å². The number of piperidine rings is 1. The predicted molar refractivity (Wildman–Crippen MR) is 73.0 cm³/mol.